The van der Waals surface area contributed by atoms with Gasteiger partial charge in [-0.3, -0.25) is 0 Å². The SMILES string of the molecule is COC(=O)C(C)=CCOc1c(C(C)C)cccc1C(C)C. The topological polar surface area (TPSA) is 35.5 Å². The summed E-state index contributed by atoms with van der Waals surface area (Å²) in [7, 11) is 1.38. The summed E-state index contributed by atoms with van der Waals surface area (Å²) >= 11 is 0. The summed E-state index contributed by atoms with van der Waals surface area (Å²) in [6.45, 7) is 10.7. The van der Waals surface area contributed by atoms with E-state index >= 15 is 0 Å². The van der Waals surface area contributed by atoms with E-state index < -0.39 is 0 Å². The zero-order chi connectivity index (χ0) is 16.0. The zero-order valence-electron chi connectivity index (χ0n) is 13.9. The summed E-state index contributed by atoms with van der Waals surface area (Å²) in [6.07, 6.45) is 1.76. The molecule has 0 unspecified atom stereocenters. The minimum atomic E-state index is -0.320. The van der Waals surface area contributed by atoms with Gasteiger partial charge in [0.1, 0.15) is 12.4 Å². The van der Waals surface area contributed by atoms with Gasteiger partial charge in [-0.2, -0.15) is 0 Å². The molecule has 0 aliphatic carbocycles. The minimum Gasteiger partial charge on any atom is -0.489 e. The van der Waals surface area contributed by atoms with E-state index in [9.17, 15) is 4.79 Å². The monoisotopic (exact) mass is 290 g/mol. The Morgan fingerprint density at radius 1 is 1.14 bits per heavy atom. The molecule has 0 bridgehead atoms. The van der Waals surface area contributed by atoms with E-state index in [2.05, 4.69) is 50.6 Å². The molecule has 0 aliphatic heterocycles. The standard InChI is InChI=1S/C18H26O3/c1-12(2)15-8-7-9-16(13(3)4)17(15)21-11-10-14(5)18(19)20-6/h7-10,12-13H,11H2,1-6H3. The van der Waals surface area contributed by atoms with Crippen molar-refractivity contribution in [1.82, 2.24) is 0 Å². The fourth-order valence-electron chi connectivity index (χ4n) is 2.14. The van der Waals surface area contributed by atoms with Crippen LogP contribution in [0.15, 0.2) is 29.8 Å². The molecule has 1 aromatic rings. The number of methoxy groups -OCH3 is 1. The van der Waals surface area contributed by atoms with E-state index in [1.807, 2.05) is 0 Å². The highest BCUT2D eigenvalue weighted by Gasteiger charge is 2.14. The summed E-state index contributed by atoms with van der Waals surface area (Å²) in [4.78, 5) is 11.4. The number of para-hydroxylation sites is 1. The molecule has 0 atom stereocenters. The average molecular weight is 290 g/mol. The maximum atomic E-state index is 11.4. The predicted octanol–water partition coefficient (Wildman–Crippen LogP) is 4.43. The fourth-order valence-corrected chi connectivity index (χ4v) is 2.14. The van der Waals surface area contributed by atoms with Crippen molar-refractivity contribution in [3.63, 3.8) is 0 Å². The predicted molar refractivity (Wildman–Crippen MR) is 85.9 cm³/mol. The van der Waals surface area contributed by atoms with E-state index in [4.69, 9.17) is 4.74 Å². The molecule has 0 saturated heterocycles. The molecule has 0 saturated carbocycles. The molecule has 3 nitrogen and oxygen atoms in total. The first-order valence-electron chi connectivity index (χ1n) is 7.39. The number of ether oxygens (including phenoxy) is 2. The Morgan fingerprint density at radius 2 is 1.67 bits per heavy atom. The quantitative estimate of drug-likeness (QED) is 0.574. The largest absolute Gasteiger partial charge is 0.489 e. The van der Waals surface area contributed by atoms with Gasteiger partial charge in [0.2, 0.25) is 0 Å². The molecule has 0 spiro atoms. The van der Waals surface area contributed by atoms with Crippen LogP contribution in [0.4, 0.5) is 0 Å². The highest BCUT2D eigenvalue weighted by atomic mass is 16.5. The third-order valence-electron chi connectivity index (χ3n) is 3.44. The Hall–Kier alpha value is -1.77. The van der Waals surface area contributed by atoms with Crippen LogP contribution in [0.3, 0.4) is 0 Å². The van der Waals surface area contributed by atoms with Crippen LogP contribution in [-0.2, 0) is 9.53 Å². The number of carbonyl (C=O) groups is 1. The molecule has 0 amide bonds. The number of hydrogen-bond donors (Lipinski definition) is 0. The van der Waals surface area contributed by atoms with Crippen molar-refractivity contribution in [3.05, 3.63) is 41.0 Å². The van der Waals surface area contributed by atoms with Crippen LogP contribution in [-0.4, -0.2) is 19.7 Å². The molecular formula is C18H26O3. The number of rotatable bonds is 6. The van der Waals surface area contributed by atoms with Crippen molar-refractivity contribution in [3.8, 4) is 5.75 Å². The smallest absolute Gasteiger partial charge is 0.333 e. The minimum absolute atomic E-state index is 0.320. The Balaban J connectivity index is 2.98. The second kappa shape index (κ2) is 7.87. The van der Waals surface area contributed by atoms with Gasteiger partial charge in [0.25, 0.3) is 0 Å². The van der Waals surface area contributed by atoms with Crippen molar-refractivity contribution < 1.29 is 14.3 Å². The van der Waals surface area contributed by atoms with Gasteiger partial charge >= 0.3 is 5.97 Å². The number of carbonyl (C=O) groups excluding carboxylic acids is 1. The van der Waals surface area contributed by atoms with Gasteiger partial charge in [0.05, 0.1) is 7.11 Å². The Labute approximate surface area is 128 Å². The van der Waals surface area contributed by atoms with E-state index in [1.165, 1.54) is 18.2 Å². The highest BCUT2D eigenvalue weighted by Crippen LogP contribution is 2.34. The van der Waals surface area contributed by atoms with Crippen LogP contribution in [0.1, 0.15) is 57.6 Å². The molecule has 1 aromatic carbocycles. The average Bonchev–Trinajstić information content (AvgIpc) is 2.45. The van der Waals surface area contributed by atoms with Gasteiger partial charge in [-0.05, 0) is 36.0 Å². The summed E-state index contributed by atoms with van der Waals surface area (Å²) in [5, 5.41) is 0. The van der Waals surface area contributed by atoms with Crippen molar-refractivity contribution in [2.75, 3.05) is 13.7 Å². The van der Waals surface area contributed by atoms with Crippen LogP contribution in [0.5, 0.6) is 5.75 Å². The van der Waals surface area contributed by atoms with E-state index in [-0.39, 0.29) is 5.97 Å². The normalized spacial score (nSPS) is 11.9. The lowest BCUT2D eigenvalue weighted by atomic mass is 9.94. The second-order valence-corrected chi connectivity index (χ2v) is 5.76. The Bertz CT molecular complexity index is 487. The lowest BCUT2D eigenvalue weighted by molar-refractivity contribution is -0.136. The number of esters is 1. The third kappa shape index (κ3) is 4.62. The Kier molecular flexibility index (Phi) is 6.47. The van der Waals surface area contributed by atoms with Gasteiger partial charge in [-0.15, -0.1) is 0 Å². The van der Waals surface area contributed by atoms with Crippen LogP contribution < -0.4 is 4.74 Å². The van der Waals surface area contributed by atoms with Crippen molar-refractivity contribution in [2.45, 2.75) is 46.5 Å². The molecule has 21 heavy (non-hydrogen) atoms. The first kappa shape index (κ1) is 17.3. The van der Waals surface area contributed by atoms with Gasteiger partial charge in [0.15, 0.2) is 0 Å². The molecule has 0 heterocycles. The van der Waals surface area contributed by atoms with Crippen molar-refractivity contribution in [1.29, 1.82) is 0 Å². The van der Waals surface area contributed by atoms with Gasteiger partial charge in [0, 0.05) is 5.57 Å². The van der Waals surface area contributed by atoms with Crippen LogP contribution in [0.25, 0.3) is 0 Å². The maximum absolute atomic E-state index is 11.4. The number of hydrogen-bond acceptors (Lipinski definition) is 3. The molecule has 0 radical (unpaired) electrons. The van der Waals surface area contributed by atoms with Gasteiger partial charge < -0.3 is 9.47 Å². The molecule has 3 heteroatoms. The number of benzene rings is 1. The molecule has 0 fully saturated rings. The van der Waals surface area contributed by atoms with Crippen molar-refractivity contribution >= 4 is 5.97 Å². The highest BCUT2D eigenvalue weighted by molar-refractivity contribution is 5.87. The molecule has 0 aromatic heterocycles. The lowest BCUT2D eigenvalue weighted by Gasteiger charge is -2.19. The van der Waals surface area contributed by atoms with E-state index in [1.54, 1.807) is 13.0 Å². The summed E-state index contributed by atoms with van der Waals surface area (Å²) in [6, 6.07) is 6.28. The summed E-state index contributed by atoms with van der Waals surface area (Å²) in [5.41, 5.74) is 2.96. The molecular weight excluding hydrogens is 264 g/mol. The van der Waals surface area contributed by atoms with Crippen LogP contribution >= 0.6 is 0 Å². The van der Waals surface area contributed by atoms with Crippen LogP contribution in [0, 0.1) is 0 Å². The zero-order valence-corrected chi connectivity index (χ0v) is 13.9. The van der Waals surface area contributed by atoms with Crippen LogP contribution in [0.2, 0.25) is 0 Å². The molecule has 1 rings (SSSR count). The summed E-state index contributed by atoms with van der Waals surface area (Å²) in [5.74, 6) is 1.41. The molecule has 0 aliphatic rings. The van der Waals surface area contributed by atoms with E-state index in [0.717, 1.165) is 5.75 Å². The fraction of sp³-hybridized carbons (Fsp3) is 0.500. The molecule has 116 valence electrons. The van der Waals surface area contributed by atoms with Crippen molar-refractivity contribution in [2.24, 2.45) is 0 Å². The lowest BCUT2D eigenvalue weighted by Crippen LogP contribution is -2.07. The Morgan fingerprint density at radius 3 is 2.10 bits per heavy atom. The van der Waals surface area contributed by atoms with Gasteiger partial charge in [-0.25, -0.2) is 4.79 Å². The second-order valence-electron chi connectivity index (χ2n) is 5.76. The first-order valence-corrected chi connectivity index (χ1v) is 7.39. The van der Waals surface area contributed by atoms with E-state index in [0.29, 0.717) is 24.0 Å². The molecule has 0 N–H and O–H groups in total. The maximum Gasteiger partial charge on any atom is 0.333 e. The summed E-state index contributed by atoms with van der Waals surface area (Å²) < 4.78 is 10.6. The van der Waals surface area contributed by atoms with Gasteiger partial charge in [-0.1, -0.05) is 45.9 Å². The third-order valence-corrected chi connectivity index (χ3v) is 3.44. The first-order chi connectivity index (χ1) is 9.88.